The predicted octanol–water partition coefficient (Wildman–Crippen LogP) is -0.517. The van der Waals surface area contributed by atoms with Crippen LogP contribution in [-0.2, 0) is 4.74 Å². The van der Waals surface area contributed by atoms with E-state index in [2.05, 4.69) is 0 Å². The van der Waals surface area contributed by atoms with Crippen LogP contribution in [0.1, 0.15) is 13.3 Å². The Balaban J connectivity index is 2.35. The van der Waals surface area contributed by atoms with Gasteiger partial charge in [-0.1, -0.05) is 0 Å². The first kappa shape index (κ1) is 6.99. The van der Waals surface area contributed by atoms with Crippen LogP contribution in [0, 0.1) is 0 Å². The summed E-state index contributed by atoms with van der Waals surface area (Å²) in [7, 11) is 0. The molecule has 0 amide bonds. The van der Waals surface area contributed by atoms with Gasteiger partial charge in [-0.25, -0.2) is 0 Å². The smallest absolute Gasteiger partial charge is 0.0814 e. The fourth-order valence-corrected chi connectivity index (χ4v) is 0.956. The molecule has 54 valence electrons. The zero-order valence-corrected chi connectivity index (χ0v) is 5.58. The molecule has 0 bridgehead atoms. The van der Waals surface area contributed by atoms with Crippen molar-refractivity contribution in [3.05, 3.63) is 0 Å². The van der Waals surface area contributed by atoms with E-state index in [9.17, 15) is 0 Å². The van der Waals surface area contributed by atoms with Gasteiger partial charge >= 0.3 is 0 Å². The molecule has 3 heteroatoms. The van der Waals surface area contributed by atoms with Gasteiger partial charge in [0, 0.05) is 6.04 Å². The van der Waals surface area contributed by atoms with Gasteiger partial charge in [0.1, 0.15) is 0 Å². The van der Waals surface area contributed by atoms with Crippen molar-refractivity contribution in [1.82, 2.24) is 0 Å². The summed E-state index contributed by atoms with van der Waals surface area (Å²) in [5.41, 5.74) is 5.50. The third-order valence-corrected chi connectivity index (χ3v) is 1.66. The standard InChI is InChI=1S/C6H13NO2/c1-4-6(8)2-5(7)3-9-4/h4-6,8H,2-3,7H2,1H3/t4-,5?,6-/m0/s1. The Bertz CT molecular complexity index is 97.1. The molecule has 0 aromatic rings. The van der Waals surface area contributed by atoms with Crippen LogP contribution in [0.3, 0.4) is 0 Å². The Hall–Kier alpha value is -0.120. The molecular formula is C6H13NO2. The fourth-order valence-electron chi connectivity index (χ4n) is 0.956. The van der Waals surface area contributed by atoms with E-state index >= 15 is 0 Å². The average Bonchev–Trinajstić information content (AvgIpc) is 1.80. The molecule has 0 aliphatic carbocycles. The Morgan fingerprint density at radius 3 is 2.78 bits per heavy atom. The van der Waals surface area contributed by atoms with Gasteiger partial charge in [0.2, 0.25) is 0 Å². The average molecular weight is 131 g/mol. The number of ether oxygens (including phenoxy) is 1. The molecule has 3 atom stereocenters. The molecule has 1 aliphatic heterocycles. The van der Waals surface area contributed by atoms with Crippen molar-refractivity contribution in [3.8, 4) is 0 Å². The maximum atomic E-state index is 9.14. The fraction of sp³-hybridized carbons (Fsp3) is 1.00. The first-order chi connectivity index (χ1) is 4.20. The van der Waals surface area contributed by atoms with E-state index in [0.717, 1.165) is 0 Å². The summed E-state index contributed by atoms with van der Waals surface area (Å²) in [5.74, 6) is 0. The molecule has 1 rings (SSSR count). The van der Waals surface area contributed by atoms with Crippen molar-refractivity contribution in [2.45, 2.75) is 31.6 Å². The van der Waals surface area contributed by atoms with Gasteiger partial charge in [-0.2, -0.15) is 0 Å². The van der Waals surface area contributed by atoms with Gasteiger partial charge in [-0.05, 0) is 13.3 Å². The lowest BCUT2D eigenvalue weighted by atomic mass is 10.0. The molecule has 1 heterocycles. The molecule has 1 saturated heterocycles. The van der Waals surface area contributed by atoms with Crippen molar-refractivity contribution >= 4 is 0 Å². The number of rotatable bonds is 0. The van der Waals surface area contributed by atoms with Crippen LogP contribution in [0.4, 0.5) is 0 Å². The first-order valence-electron chi connectivity index (χ1n) is 3.25. The molecule has 0 aromatic carbocycles. The Kier molecular flexibility index (Phi) is 2.05. The number of nitrogens with two attached hydrogens (primary N) is 1. The molecule has 0 spiro atoms. The molecule has 1 fully saturated rings. The Morgan fingerprint density at radius 2 is 2.33 bits per heavy atom. The lowest BCUT2D eigenvalue weighted by molar-refractivity contribution is -0.0716. The maximum absolute atomic E-state index is 9.14. The highest BCUT2D eigenvalue weighted by atomic mass is 16.5. The monoisotopic (exact) mass is 131 g/mol. The minimum atomic E-state index is -0.367. The van der Waals surface area contributed by atoms with Gasteiger partial charge in [0.05, 0.1) is 18.8 Å². The molecule has 9 heavy (non-hydrogen) atoms. The lowest BCUT2D eigenvalue weighted by Crippen LogP contribution is -2.43. The number of hydrogen-bond donors (Lipinski definition) is 2. The van der Waals surface area contributed by atoms with Gasteiger partial charge in [0.25, 0.3) is 0 Å². The van der Waals surface area contributed by atoms with Crippen LogP contribution < -0.4 is 5.73 Å². The summed E-state index contributed by atoms with van der Waals surface area (Å²) in [6, 6.07) is 0.0243. The normalized spacial score (nSPS) is 45.0. The van der Waals surface area contributed by atoms with Crippen LogP contribution in [0.2, 0.25) is 0 Å². The summed E-state index contributed by atoms with van der Waals surface area (Å²) in [5, 5.41) is 9.14. The van der Waals surface area contributed by atoms with Crippen molar-refractivity contribution < 1.29 is 9.84 Å². The van der Waals surface area contributed by atoms with Crippen LogP contribution in [0.15, 0.2) is 0 Å². The van der Waals surface area contributed by atoms with Crippen molar-refractivity contribution in [2.24, 2.45) is 5.73 Å². The second-order valence-electron chi connectivity index (χ2n) is 2.60. The minimum absolute atomic E-state index is 0.0243. The quantitative estimate of drug-likeness (QED) is 0.465. The highest BCUT2D eigenvalue weighted by Gasteiger charge is 2.23. The molecule has 3 N–H and O–H groups in total. The zero-order valence-electron chi connectivity index (χ0n) is 5.58. The first-order valence-corrected chi connectivity index (χ1v) is 3.25. The molecule has 0 radical (unpaired) electrons. The summed E-state index contributed by atoms with van der Waals surface area (Å²) in [4.78, 5) is 0. The van der Waals surface area contributed by atoms with E-state index in [-0.39, 0.29) is 18.2 Å². The van der Waals surface area contributed by atoms with E-state index in [1.54, 1.807) is 0 Å². The van der Waals surface area contributed by atoms with E-state index in [1.165, 1.54) is 0 Å². The van der Waals surface area contributed by atoms with E-state index in [4.69, 9.17) is 15.6 Å². The van der Waals surface area contributed by atoms with Crippen LogP contribution in [0.5, 0.6) is 0 Å². The van der Waals surface area contributed by atoms with Gasteiger partial charge < -0.3 is 15.6 Å². The largest absolute Gasteiger partial charge is 0.390 e. The van der Waals surface area contributed by atoms with Gasteiger partial charge in [0.15, 0.2) is 0 Å². The van der Waals surface area contributed by atoms with E-state index in [0.29, 0.717) is 13.0 Å². The van der Waals surface area contributed by atoms with E-state index in [1.807, 2.05) is 6.92 Å². The van der Waals surface area contributed by atoms with Crippen molar-refractivity contribution in [1.29, 1.82) is 0 Å². The highest BCUT2D eigenvalue weighted by molar-refractivity contribution is 4.76. The summed E-state index contributed by atoms with van der Waals surface area (Å²) in [6.07, 6.45) is 0.264. The van der Waals surface area contributed by atoms with Crippen LogP contribution >= 0.6 is 0 Å². The number of aliphatic hydroxyl groups is 1. The predicted molar refractivity (Wildman–Crippen MR) is 34.0 cm³/mol. The van der Waals surface area contributed by atoms with Crippen LogP contribution in [0.25, 0.3) is 0 Å². The molecule has 0 aromatic heterocycles. The third kappa shape index (κ3) is 1.64. The topological polar surface area (TPSA) is 55.5 Å². The van der Waals surface area contributed by atoms with Gasteiger partial charge in [-0.15, -0.1) is 0 Å². The maximum Gasteiger partial charge on any atom is 0.0814 e. The van der Waals surface area contributed by atoms with Gasteiger partial charge in [-0.3, -0.25) is 0 Å². The Morgan fingerprint density at radius 1 is 1.67 bits per heavy atom. The molecule has 1 unspecified atom stereocenters. The lowest BCUT2D eigenvalue weighted by Gasteiger charge is -2.28. The molecule has 1 aliphatic rings. The number of aliphatic hydroxyl groups excluding tert-OH is 1. The SMILES string of the molecule is C[C@@H]1OCC(N)C[C@@H]1O. The Labute approximate surface area is 54.8 Å². The van der Waals surface area contributed by atoms with Crippen LogP contribution in [-0.4, -0.2) is 30.0 Å². The summed E-state index contributed by atoms with van der Waals surface area (Å²) in [6.45, 7) is 2.44. The minimum Gasteiger partial charge on any atom is -0.390 e. The summed E-state index contributed by atoms with van der Waals surface area (Å²) < 4.78 is 5.13. The second kappa shape index (κ2) is 2.64. The third-order valence-electron chi connectivity index (χ3n) is 1.66. The molecular weight excluding hydrogens is 118 g/mol. The highest BCUT2D eigenvalue weighted by Crippen LogP contribution is 2.11. The second-order valence-corrected chi connectivity index (χ2v) is 2.60. The van der Waals surface area contributed by atoms with Crippen molar-refractivity contribution in [3.63, 3.8) is 0 Å². The molecule has 0 saturated carbocycles. The number of hydrogen-bond acceptors (Lipinski definition) is 3. The van der Waals surface area contributed by atoms with Crippen molar-refractivity contribution in [2.75, 3.05) is 6.61 Å². The summed E-state index contributed by atoms with van der Waals surface area (Å²) >= 11 is 0. The molecule has 3 nitrogen and oxygen atoms in total. The van der Waals surface area contributed by atoms with E-state index < -0.39 is 0 Å². The zero-order chi connectivity index (χ0) is 6.85.